The summed E-state index contributed by atoms with van der Waals surface area (Å²) in [5.41, 5.74) is 2.18. The molecule has 0 aliphatic carbocycles. The molecule has 0 amide bonds. The van der Waals surface area contributed by atoms with Crippen LogP contribution in [-0.2, 0) is 14.9 Å². The number of hydrogen-bond acceptors (Lipinski definition) is 4. The lowest BCUT2D eigenvalue weighted by Crippen LogP contribution is -2.45. The van der Waals surface area contributed by atoms with Gasteiger partial charge in [-0.25, -0.2) is 0 Å². The molecule has 1 heterocycles. The number of aliphatic hydroxyl groups is 1. The summed E-state index contributed by atoms with van der Waals surface area (Å²) >= 11 is 0. The summed E-state index contributed by atoms with van der Waals surface area (Å²) in [6.45, 7) is 4.54. The molecule has 0 spiro atoms. The Hall–Kier alpha value is -2.21. The average molecular weight is 440 g/mol. The van der Waals surface area contributed by atoms with Gasteiger partial charge in [0.1, 0.15) is 0 Å². The molecule has 164 valence electrons. The molecule has 1 saturated heterocycles. The van der Waals surface area contributed by atoms with Crippen LogP contribution in [0, 0.1) is 0 Å². The Labute approximate surface area is 190 Å². The molecule has 1 aliphatic rings. The highest BCUT2D eigenvalue weighted by Gasteiger charge is 2.44. The van der Waals surface area contributed by atoms with E-state index in [1.54, 1.807) is 0 Å². The van der Waals surface area contributed by atoms with Gasteiger partial charge in [0.2, 0.25) is 0 Å². The van der Waals surface area contributed by atoms with E-state index >= 15 is 0 Å². The zero-order chi connectivity index (χ0) is 20.7. The number of benzene rings is 3. The van der Waals surface area contributed by atoms with E-state index in [2.05, 4.69) is 41.3 Å². The lowest BCUT2D eigenvalue weighted by molar-refractivity contribution is -0.132. The molecule has 0 saturated carbocycles. The first kappa shape index (κ1) is 23.5. The third-order valence-electron chi connectivity index (χ3n) is 5.84. The Morgan fingerprint density at radius 3 is 1.61 bits per heavy atom. The monoisotopic (exact) mass is 439 g/mol. The number of halogens is 1. The molecule has 31 heavy (non-hydrogen) atoms. The first-order valence-electron chi connectivity index (χ1n) is 10.6. The van der Waals surface area contributed by atoms with E-state index in [1.807, 2.05) is 54.6 Å². The van der Waals surface area contributed by atoms with E-state index in [1.165, 1.54) is 0 Å². The number of hydrogen-bond donors (Lipinski definition) is 1. The minimum Gasteiger partial charge on any atom is -0.379 e. The molecule has 1 unspecified atom stereocenters. The van der Waals surface area contributed by atoms with Crippen LogP contribution in [0.4, 0.5) is 0 Å². The number of rotatable bonds is 8. The van der Waals surface area contributed by atoms with Crippen LogP contribution < -0.4 is 0 Å². The summed E-state index contributed by atoms with van der Waals surface area (Å²) in [6, 6.07) is 30.4. The Balaban J connectivity index is 0.00000272. The van der Waals surface area contributed by atoms with Crippen LogP contribution in [0.5, 0.6) is 0 Å². The van der Waals surface area contributed by atoms with E-state index in [0.717, 1.165) is 49.5 Å². The van der Waals surface area contributed by atoms with Gasteiger partial charge in [-0.3, -0.25) is 4.90 Å². The largest absolute Gasteiger partial charge is 0.379 e. The van der Waals surface area contributed by atoms with Crippen LogP contribution in [0.3, 0.4) is 0 Å². The molecule has 1 aliphatic heterocycles. The fourth-order valence-electron chi connectivity index (χ4n) is 4.27. The van der Waals surface area contributed by atoms with Crippen LogP contribution in [0.2, 0.25) is 0 Å². The topological polar surface area (TPSA) is 41.9 Å². The fraction of sp³-hybridized carbons (Fsp3) is 0.308. The molecule has 4 rings (SSSR count). The SMILES string of the molecule is Cl.OC(OCCN1CCOCC1)C(c1ccccc1)(c1ccccc1)c1ccccc1. The van der Waals surface area contributed by atoms with Crippen molar-refractivity contribution in [3.8, 4) is 0 Å². The van der Waals surface area contributed by atoms with Gasteiger partial charge < -0.3 is 14.6 Å². The van der Waals surface area contributed by atoms with Gasteiger partial charge in [-0.2, -0.15) is 0 Å². The molecule has 1 atom stereocenters. The van der Waals surface area contributed by atoms with Gasteiger partial charge in [0.25, 0.3) is 0 Å². The molecule has 4 nitrogen and oxygen atoms in total. The second-order valence-electron chi connectivity index (χ2n) is 7.58. The van der Waals surface area contributed by atoms with Crippen molar-refractivity contribution in [2.45, 2.75) is 11.7 Å². The van der Waals surface area contributed by atoms with Gasteiger partial charge in [0, 0.05) is 19.6 Å². The van der Waals surface area contributed by atoms with Crippen molar-refractivity contribution in [2.24, 2.45) is 0 Å². The van der Waals surface area contributed by atoms with Crippen molar-refractivity contribution in [1.82, 2.24) is 4.90 Å². The predicted molar refractivity (Wildman–Crippen MR) is 126 cm³/mol. The molecule has 1 fully saturated rings. The lowest BCUT2D eigenvalue weighted by atomic mass is 9.69. The summed E-state index contributed by atoms with van der Waals surface area (Å²) < 4.78 is 11.6. The highest BCUT2D eigenvalue weighted by Crippen LogP contribution is 2.42. The van der Waals surface area contributed by atoms with Crippen molar-refractivity contribution in [3.05, 3.63) is 108 Å². The maximum absolute atomic E-state index is 11.6. The standard InChI is InChI=1S/C26H29NO3.ClH/c28-25(30-21-18-27-16-19-29-20-17-27)26(22-10-4-1-5-11-22,23-12-6-2-7-13-23)24-14-8-3-9-15-24;/h1-15,25,28H,16-21H2;1H. The molecule has 5 heteroatoms. The normalized spacial score (nSPS) is 15.8. The molecule has 0 bridgehead atoms. The van der Waals surface area contributed by atoms with E-state index in [4.69, 9.17) is 9.47 Å². The number of aliphatic hydroxyl groups excluding tert-OH is 1. The Kier molecular flexibility index (Phi) is 8.64. The minimum atomic E-state index is -1.04. The summed E-state index contributed by atoms with van der Waals surface area (Å²) in [5, 5.41) is 11.6. The summed E-state index contributed by atoms with van der Waals surface area (Å²) in [5.74, 6) is 0. The average Bonchev–Trinajstić information content (AvgIpc) is 2.82. The summed E-state index contributed by atoms with van der Waals surface area (Å²) in [6.07, 6.45) is -1.04. The molecular formula is C26H30ClNO3. The van der Waals surface area contributed by atoms with Crippen LogP contribution >= 0.6 is 12.4 Å². The smallest absolute Gasteiger partial charge is 0.172 e. The van der Waals surface area contributed by atoms with E-state index in [-0.39, 0.29) is 12.4 Å². The van der Waals surface area contributed by atoms with Gasteiger partial charge in [0.05, 0.1) is 25.2 Å². The minimum absolute atomic E-state index is 0. The Bertz CT molecular complexity index is 790. The molecule has 3 aromatic carbocycles. The van der Waals surface area contributed by atoms with Crippen molar-refractivity contribution in [2.75, 3.05) is 39.5 Å². The van der Waals surface area contributed by atoms with Crippen LogP contribution in [-0.4, -0.2) is 55.8 Å². The highest BCUT2D eigenvalue weighted by molar-refractivity contribution is 5.85. The van der Waals surface area contributed by atoms with Crippen LogP contribution in [0.15, 0.2) is 91.0 Å². The van der Waals surface area contributed by atoms with Crippen molar-refractivity contribution in [1.29, 1.82) is 0 Å². The Morgan fingerprint density at radius 1 is 0.774 bits per heavy atom. The zero-order valence-corrected chi connectivity index (χ0v) is 18.4. The maximum atomic E-state index is 11.6. The molecule has 0 aromatic heterocycles. The third-order valence-corrected chi connectivity index (χ3v) is 5.84. The third kappa shape index (κ3) is 5.17. The first-order chi connectivity index (χ1) is 14.8. The second kappa shape index (κ2) is 11.4. The molecule has 1 N–H and O–H groups in total. The highest BCUT2D eigenvalue weighted by atomic mass is 35.5. The lowest BCUT2D eigenvalue weighted by Gasteiger charge is -2.40. The van der Waals surface area contributed by atoms with Gasteiger partial charge in [-0.1, -0.05) is 91.0 Å². The van der Waals surface area contributed by atoms with Gasteiger partial charge in [-0.15, -0.1) is 12.4 Å². The predicted octanol–water partition coefficient (Wildman–Crippen LogP) is 4.11. The number of nitrogens with zero attached hydrogens (tertiary/aromatic N) is 1. The van der Waals surface area contributed by atoms with Crippen molar-refractivity contribution >= 4 is 12.4 Å². The van der Waals surface area contributed by atoms with Crippen molar-refractivity contribution < 1.29 is 14.6 Å². The van der Waals surface area contributed by atoms with Gasteiger partial charge in [-0.05, 0) is 16.7 Å². The van der Waals surface area contributed by atoms with Gasteiger partial charge in [0.15, 0.2) is 6.29 Å². The molecule has 0 radical (unpaired) electrons. The van der Waals surface area contributed by atoms with Crippen molar-refractivity contribution in [3.63, 3.8) is 0 Å². The second-order valence-corrected chi connectivity index (χ2v) is 7.58. The molecular weight excluding hydrogens is 410 g/mol. The molecule has 3 aromatic rings. The number of ether oxygens (including phenoxy) is 2. The summed E-state index contributed by atoms with van der Waals surface area (Å²) in [7, 11) is 0. The first-order valence-corrected chi connectivity index (χ1v) is 10.6. The van der Waals surface area contributed by atoms with Crippen LogP contribution in [0.25, 0.3) is 0 Å². The quantitative estimate of drug-likeness (QED) is 0.423. The van der Waals surface area contributed by atoms with E-state index in [9.17, 15) is 5.11 Å². The van der Waals surface area contributed by atoms with E-state index in [0.29, 0.717) is 6.61 Å². The summed E-state index contributed by atoms with van der Waals surface area (Å²) in [4.78, 5) is 2.31. The van der Waals surface area contributed by atoms with E-state index < -0.39 is 11.7 Å². The zero-order valence-electron chi connectivity index (χ0n) is 17.6. The number of morpholine rings is 1. The fourth-order valence-corrected chi connectivity index (χ4v) is 4.27. The maximum Gasteiger partial charge on any atom is 0.172 e. The van der Waals surface area contributed by atoms with Gasteiger partial charge >= 0.3 is 0 Å². The Morgan fingerprint density at radius 2 is 1.19 bits per heavy atom. The van der Waals surface area contributed by atoms with Crippen LogP contribution in [0.1, 0.15) is 16.7 Å².